The Morgan fingerprint density at radius 3 is 3.10 bits per heavy atom. The monoisotopic (exact) mass is 313 g/mol. The molecule has 1 amide bonds. The van der Waals surface area contributed by atoms with Gasteiger partial charge in [0.2, 0.25) is 11.0 Å². The van der Waals surface area contributed by atoms with E-state index in [-0.39, 0.29) is 5.91 Å². The van der Waals surface area contributed by atoms with Crippen LogP contribution in [0.2, 0.25) is 0 Å². The summed E-state index contributed by atoms with van der Waals surface area (Å²) in [5, 5.41) is 10.8. The molecule has 1 aliphatic rings. The number of aromatic nitrogens is 2. The number of carbonyl (C=O) groups excluding carboxylic acids is 1. The number of rotatable bonds is 7. The third kappa shape index (κ3) is 5.31. The van der Waals surface area contributed by atoms with E-state index in [1.54, 1.807) is 5.51 Å². The highest BCUT2D eigenvalue weighted by molar-refractivity contribution is 7.13. The van der Waals surface area contributed by atoms with Crippen molar-refractivity contribution in [1.82, 2.24) is 20.0 Å². The Balaban J connectivity index is 1.70. The number of nitrogens with one attached hydrogen (secondary N) is 1. The first kappa shape index (κ1) is 16.3. The molecule has 0 aliphatic carbocycles. The van der Waals surface area contributed by atoms with Gasteiger partial charge in [0.05, 0.1) is 13.2 Å². The van der Waals surface area contributed by atoms with Crippen molar-refractivity contribution < 1.29 is 9.53 Å². The standard InChI is InChI=1S/C13H23N5O2S/c1-3-20-7-6-18-5-4-17(8-11(18)2)9-12(19)15-13-16-14-10-21-13/h10-11H,3-9H2,1-2H3,(H,15,16,19). The van der Waals surface area contributed by atoms with Gasteiger partial charge >= 0.3 is 0 Å². The number of anilines is 1. The molecule has 1 aromatic heterocycles. The Morgan fingerprint density at radius 1 is 1.57 bits per heavy atom. The van der Waals surface area contributed by atoms with Gasteiger partial charge in [-0.1, -0.05) is 11.3 Å². The lowest BCUT2D eigenvalue weighted by atomic mass is 10.2. The van der Waals surface area contributed by atoms with Crippen molar-refractivity contribution in [3.05, 3.63) is 5.51 Å². The molecule has 0 aromatic carbocycles. The summed E-state index contributed by atoms with van der Waals surface area (Å²) >= 11 is 1.33. The van der Waals surface area contributed by atoms with Crippen LogP contribution in [0.5, 0.6) is 0 Å². The van der Waals surface area contributed by atoms with Crippen LogP contribution in [0.3, 0.4) is 0 Å². The Hall–Kier alpha value is -1.09. The molecular formula is C13H23N5O2S. The molecule has 1 fully saturated rings. The first-order valence-corrected chi connectivity index (χ1v) is 8.17. The lowest BCUT2D eigenvalue weighted by Gasteiger charge is -2.39. The van der Waals surface area contributed by atoms with Crippen LogP contribution in [0, 0.1) is 0 Å². The van der Waals surface area contributed by atoms with Crippen molar-refractivity contribution >= 4 is 22.4 Å². The maximum Gasteiger partial charge on any atom is 0.240 e. The summed E-state index contributed by atoms with van der Waals surface area (Å²) in [5.74, 6) is -0.0262. The second kappa shape index (κ2) is 8.38. The van der Waals surface area contributed by atoms with E-state index < -0.39 is 0 Å². The van der Waals surface area contributed by atoms with Crippen molar-refractivity contribution in [1.29, 1.82) is 0 Å². The predicted octanol–water partition coefficient (Wildman–Crippen LogP) is 0.519. The maximum atomic E-state index is 11.9. The normalized spacial score (nSPS) is 20.6. The number of hydrogen-bond acceptors (Lipinski definition) is 7. The molecule has 1 N–H and O–H groups in total. The fraction of sp³-hybridized carbons (Fsp3) is 0.769. The zero-order valence-corrected chi connectivity index (χ0v) is 13.4. The quantitative estimate of drug-likeness (QED) is 0.740. The fourth-order valence-electron chi connectivity index (χ4n) is 2.46. The van der Waals surface area contributed by atoms with Gasteiger partial charge in [-0.3, -0.25) is 19.9 Å². The van der Waals surface area contributed by atoms with E-state index in [0.717, 1.165) is 39.4 Å². The summed E-state index contributed by atoms with van der Waals surface area (Å²) in [4.78, 5) is 16.5. The summed E-state index contributed by atoms with van der Waals surface area (Å²) in [6, 6.07) is 0.438. The number of hydrogen-bond donors (Lipinski definition) is 1. The van der Waals surface area contributed by atoms with Crippen LogP contribution in [0.4, 0.5) is 5.13 Å². The third-order valence-corrected chi connectivity index (χ3v) is 4.16. The topological polar surface area (TPSA) is 70.6 Å². The second-order valence-corrected chi connectivity index (χ2v) is 5.94. The molecule has 7 nitrogen and oxygen atoms in total. The lowest BCUT2D eigenvalue weighted by Crippen LogP contribution is -2.54. The first-order chi connectivity index (χ1) is 10.2. The molecular weight excluding hydrogens is 290 g/mol. The van der Waals surface area contributed by atoms with E-state index >= 15 is 0 Å². The van der Waals surface area contributed by atoms with Crippen LogP contribution < -0.4 is 5.32 Å². The van der Waals surface area contributed by atoms with E-state index in [1.165, 1.54) is 11.3 Å². The minimum atomic E-state index is -0.0262. The Bertz CT molecular complexity index is 428. The van der Waals surface area contributed by atoms with Crippen LogP contribution in [-0.2, 0) is 9.53 Å². The minimum absolute atomic E-state index is 0.0262. The summed E-state index contributed by atoms with van der Waals surface area (Å²) in [6.45, 7) is 9.89. The lowest BCUT2D eigenvalue weighted by molar-refractivity contribution is -0.118. The van der Waals surface area contributed by atoms with Crippen LogP contribution in [0.1, 0.15) is 13.8 Å². The molecule has 1 atom stereocenters. The van der Waals surface area contributed by atoms with E-state index in [9.17, 15) is 4.79 Å². The summed E-state index contributed by atoms with van der Waals surface area (Å²) in [6.07, 6.45) is 0. The minimum Gasteiger partial charge on any atom is -0.380 e. The van der Waals surface area contributed by atoms with Gasteiger partial charge in [-0.05, 0) is 13.8 Å². The van der Waals surface area contributed by atoms with Gasteiger partial charge in [0.15, 0.2) is 0 Å². The predicted molar refractivity (Wildman–Crippen MR) is 82.5 cm³/mol. The van der Waals surface area contributed by atoms with E-state index in [1.807, 2.05) is 6.92 Å². The second-order valence-electron chi connectivity index (χ2n) is 5.11. The number of nitrogens with zero attached hydrogens (tertiary/aromatic N) is 4. The van der Waals surface area contributed by atoms with Gasteiger partial charge in [-0.15, -0.1) is 10.2 Å². The van der Waals surface area contributed by atoms with E-state index in [2.05, 4.69) is 32.2 Å². The van der Waals surface area contributed by atoms with Crippen molar-refractivity contribution in [2.45, 2.75) is 19.9 Å². The summed E-state index contributed by atoms with van der Waals surface area (Å²) in [5.41, 5.74) is 1.61. The zero-order chi connectivity index (χ0) is 15.1. The van der Waals surface area contributed by atoms with E-state index in [4.69, 9.17) is 4.74 Å². The maximum absolute atomic E-state index is 11.9. The molecule has 2 heterocycles. The van der Waals surface area contributed by atoms with Crippen LogP contribution in [-0.4, -0.2) is 77.9 Å². The number of piperazine rings is 1. The Morgan fingerprint density at radius 2 is 2.43 bits per heavy atom. The molecule has 1 aromatic rings. The molecule has 0 radical (unpaired) electrons. The molecule has 1 unspecified atom stereocenters. The first-order valence-electron chi connectivity index (χ1n) is 7.29. The van der Waals surface area contributed by atoms with Crippen molar-refractivity contribution in [3.63, 3.8) is 0 Å². The zero-order valence-electron chi connectivity index (χ0n) is 12.6. The van der Waals surface area contributed by atoms with Gasteiger partial charge < -0.3 is 4.74 Å². The molecule has 2 rings (SSSR count). The van der Waals surface area contributed by atoms with Gasteiger partial charge in [0.25, 0.3) is 0 Å². The van der Waals surface area contributed by atoms with Crippen molar-refractivity contribution in [2.75, 3.05) is 51.3 Å². The van der Waals surface area contributed by atoms with Crippen LogP contribution in [0.15, 0.2) is 5.51 Å². The molecule has 21 heavy (non-hydrogen) atoms. The molecule has 0 spiro atoms. The molecule has 1 aliphatic heterocycles. The average molecular weight is 313 g/mol. The molecule has 0 saturated carbocycles. The molecule has 8 heteroatoms. The van der Waals surface area contributed by atoms with Crippen molar-refractivity contribution in [3.8, 4) is 0 Å². The molecule has 0 bridgehead atoms. The fourth-order valence-corrected chi connectivity index (χ4v) is 2.92. The highest BCUT2D eigenvalue weighted by atomic mass is 32.1. The smallest absolute Gasteiger partial charge is 0.240 e. The van der Waals surface area contributed by atoms with Gasteiger partial charge in [0.1, 0.15) is 5.51 Å². The van der Waals surface area contributed by atoms with Gasteiger partial charge in [-0.25, -0.2) is 0 Å². The average Bonchev–Trinajstić information content (AvgIpc) is 2.94. The highest BCUT2D eigenvalue weighted by Crippen LogP contribution is 2.11. The van der Waals surface area contributed by atoms with Crippen LogP contribution >= 0.6 is 11.3 Å². The van der Waals surface area contributed by atoms with E-state index in [0.29, 0.717) is 17.7 Å². The summed E-state index contributed by atoms with van der Waals surface area (Å²) < 4.78 is 5.40. The Labute approximate surface area is 129 Å². The van der Waals surface area contributed by atoms with Gasteiger partial charge in [0, 0.05) is 38.8 Å². The Kier molecular flexibility index (Phi) is 6.50. The third-order valence-electron chi connectivity index (χ3n) is 3.55. The molecule has 1 saturated heterocycles. The number of amides is 1. The largest absolute Gasteiger partial charge is 0.380 e. The number of carbonyl (C=O) groups is 1. The molecule has 118 valence electrons. The number of ether oxygens (including phenoxy) is 1. The highest BCUT2D eigenvalue weighted by Gasteiger charge is 2.24. The van der Waals surface area contributed by atoms with Gasteiger partial charge in [-0.2, -0.15) is 0 Å². The van der Waals surface area contributed by atoms with Crippen molar-refractivity contribution in [2.24, 2.45) is 0 Å². The SMILES string of the molecule is CCOCCN1CCN(CC(=O)Nc2nncs2)CC1C. The summed E-state index contributed by atoms with van der Waals surface area (Å²) in [7, 11) is 0. The van der Waals surface area contributed by atoms with Crippen LogP contribution in [0.25, 0.3) is 0 Å².